The third-order valence-electron chi connectivity index (χ3n) is 4.02. The van der Waals surface area contributed by atoms with E-state index < -0.39 is 0 Å². The van der Waals surface area contributed by atoms with E-state index in [0.717, 1.165) is 12.8 Å². The Labute approximate surface area is 166 Å². The molecule has 0 unspecified atom stereocenters. The zero-order valence-electron chi connectivity index (χ0n) is 14.6. The molecule has 3 N–H and O–H groups in total. The second kappa shape index (κ2) is 9.01. The van der Waals surface area contributed by atoms with Crippen LogP contribution in [0.2, 0.25) is 5.02 Å². The third-order valence-corrected chi connectivity index (χ3v) is 5.20. The number of rotatable bonds is 8. The van der Waals surface area contributed by atoms with Crippen molar-refractivity contribution < 1.29 is 14.4 Å². The lowest BCUT2D eigenvalue weighted by Gasteiger charge is -2.09. The van der Waals surface area contributed by atoms with Crippen molar-refractivity contribution in [2.24, 2.45) is 0 Å². The van der Waals surface area contributed by atoms with Crippen LogP contribution in [0, 0.1) is 0 Å². The summed E-state index contributed by atoms with van der Waals surface area (Å²) < 4.78 is 0. The number of carbonyl (C=O) groups excluding carboxylic acids is 3. The van der Waals surface area contributed by atoms with Gasteiger partial charge in [-0.2, -0.15) is 0 Å². The highest BCUT2D eigenvalue weighted by Crippen LogP contribution is 2.24. The number of hydrogen-bond donors (Lipinski definition) is 3. The molecule has 1 heterocycles. The monoisotopic (exact) mass is 405 g/mol. The lowest BCUT2D eigenvalue weighted by molar-refractivity contribution is -0.116. The van der Waals surface area contributed by atoms with Crippen LogP contribution >= 0.6 is 22.9 Å². The van der Waals surface area contributed by atoms with Gasteiger partial charge in [-0.15, -0.1) is 11.3 Å². The molecule has 27 heavy (non-hydrogen) atoms. The van der Waals surface area contributed by atoms with Crippen LogP contribution in [0.5, 0.6) is 0 Å². The molecule has 1 aliphatic carbocycles. The average molecular weight is 406 g/mol. The van der Waals surface area contributed by atoms with Crippen molar-refractivity contribution in [3.63, 3.8) is 0 Å². The van der Waals surface area contributed by atoms with Crippen LogP contribution in [0.1, 0.15) is 45.7 Å². The normalized spacial score (nSPS) is 13.1. The number of hydrogen-bond acceptors (Lipinski definition) is 4. The molecule has 1 fully saturated rings. The Bertz CT molecular complexity index is 835. The predicted molar refractivity (Wildman–Crippen MR) is 106 cm³/mol. The lowest BCUT2D eigenvalue weighted by atomic mass is 10.2. The first-order chi connectivity index (χ1) is 13.0. The van der Waals surface area contributed by atoms with E-state index in [1.54, 1.807) is 24.3 Å². The quantitative estimate of drug-likeness (QED) is 0.588. The Morgan fingerprint density at radius 3 is 2.63 bits per heavy atom. The van der Waals surface area contributed by atoms with Crippen molar-refractivity contribution in [2.45, 2.75) is 31.7 Å². The van der Waals surface area contributed by atoms with Crippen LogP contribution in [0.3, 0.4) is 0 Å². The summed E-state index contributed by atoms with van der Waals surface area (Å²) in [4.78, 5) is 36.5. The van der Waals surface area contributed by atoms with Gasteiger partial charge in [-0.3, -0.25) is 14.4 Å². The smallest absolute Gasteiger partial charge is 0.261 e. The van der Waals surface area contributed by atoms with E-state index >= 15 is 0 Å². The average Bonchev–Trinajstić information content (AvgIpc) is 3.27. The molecule has 0 radical (unpaired) electrons. The topological polar surface area (TPSA) is 87.3 Å². The lowest BCUT2D eigenvalue weighted by Crippen LogP contribution is -2.25. The van der Waals surface area contributed by atoms with E-state index in [0.29, 0.717) is 34.1 Å². The van der Waals surface area contributed by atoms with Gasteiger partial charge in [0.1, 0.15) is 0 Å². The van der Waals surface area contributed by atoms with Gasteiger partial charge in [-0.1, -0.05) is 17.7 Å². The largest absolute Gasteiger partial charge is 0.351 e. The Hall–Kier alpha value is -2.38. The zero-order chi connectivity index (χ0) is 19.2. The van der Waals surface area contributed by atoms with E-state index in [1.165, 1.54) is 11.3 Å². The van der Waals surface area contributed by atoms with Crippen LogP contribution in [-0.4, -0.2) is 30.3 Å². The standard InChI is InChI=1S/C19H20ClN3O3S/c20-15-11-13(7-8-14(15)18(25)23-12-5-6-12)22-17(24)4-1-9-21-19(26)16-3-2-10-27-16/h2-3,7-8,10-12H,1,4-6,9H2,(H,21,26)(H,22,24)(H,23,25). The number of thiophene rings is 1. The fraction of sp³-hybridized carbons (Fsp3) is 0.316. The molecule has 2 aromatic rings. The number of halogens is 1. The van der Waals surface area contributed by atoms with E-state index in [2.05, 4.69) is 16.0 Å². The first kappa shape index (κ1) is 19.4. The summed E-state index contributed by atoms with van der Waals surface area (Å²) in [5.41, 5.74) is 0.938. The molecule has 3 amide bonds. The fourth-order valence-electron chi connectivity index (χ4n) is 2.44. The van der Waals surface area contributed by atoms with Crippen molar-refractivity contribution in [3.05, 3.63) is 51.2 Å². The second-order valence-corrected chi connectivity index (χ2v) is 7.68. The van der Waals surface area contributed by atoms with Crippen LogP contribution in [0.4, 0.5) is 5.69 Å². The SMILES string of the molecule is O=C(CCCNC(=O)c1cccs1)Nc1ccc(C(=O)NC2CC2)c(Cl)c1. The van der Waals surface area contributed by atoms with Crippen LogP contribution < -0.4 is 16.0 Å². The minimum absolute atomic E-state index is 0.128. The van der Waals surface area contributed by atoms with Crippen LogP contribution in [0.25, 0.3) is 0 Å². The summed E-state index contributed by atoms with van der Waals surface area (Å²) in [6.45, 7) is 0.422. The van der Waals surface area contributed by atoms with Gasteiger partial charge < -0.3 is 16.0 Å². The van der Waals surface area contributed by atoms with E-state index in [-0.39, 0.29) is 30.2 Å². The predicted octanol–water partition coefficient (Wildman–Crippen LogP) is 3.44. The van der Waals surface area contributed by atoms with E-state index in [9.17, 15) is 14.4 Å². The van der Waals surface area contributed by atoms with Gasteiger partial charge in [0.15, 0.2) is 0 Å². The van der Waals surface area contributed by atoms with Crippen LogP contribution in [0.15, 0.2) is 35.7 Å². The van der Waals surface area contributed by atoms with Crippen molar-refractivity contribution in [1.29, 1.82) is 0 Å². The number of carbonyl (C=O) groups is 3. The molecular formula is C19H20ClN3O3S. The van der Waals surface area contributed by atoms with Crippen molar-refractivity contribution in [1.82, 2.24) is 10.6 Å². The molecule has 1 aromatic carbocycles. The van der Waals surface area contributed by atoms with Gasteiger partial charge in [0.2, 0.25) is 5.91 Å². The third kappa shape index (κ3) is 5.80. The Balaban J connectivity index is 1.41. The van der Waals surface area contributed by atoms with E-state index in [1.807, 2.05) is 11.4 Å². The summed E-state index contributed by atoms with van der Waals surface area (Å²) >= 11 is 7.54. The van der Waals surface area contributed by atoms with Crippen LogP contribution in [-0.2, 0) is 4.79 Å². The zero-order valence-corrected chi connectivity index (χ0v) is 16.2. The molecule has 0 aliphatic heterocycles. The fourth-order valence-corrected chi connectivity index (χ4v) is 3.34. The molecule has 0 spiro atoms. The molecule has 0 atom stereocenters. The minimum Gasteiger partial charge on any atom is -0.351 e. The summed E-state index contributed by atoms with van der Waals surface area (Å²) in [7, 11) is 0. The number of nitrogens with one attached hydrogen (secondary N) is 3. The molecule has 0 bridgehead atoms. The second-order valence-electron chi connectivity index (χ2n) is 6.33. The highest BCUT2D eigenvalue weighted by molar-refractivity contribution is 7.12. The molecule has 1 saturated carbocycles. The summed E-state index contributed by atoms with van der Waals surface area (Å²) in [5, 5.41) is 10.6. The first-order valence-electron chi connectivity index (χ1n) is 8.75. The Morgan fingerprint density at radius 2 is 1.96 bits per heavy atom. The molecule has 0 saturated heterocycles. The van der Waals surface area contributed by atoms with Crippen molar-refractivity contribution in [3.8, 4) is 0 Å². The molecule has 6 nitrogen and oxygen atoms in total. The molecule has 142 valence electrons. The summed E-state index contributed by atoms with van der Waals surface area (Å²) in [6, 6.07) is 8.67. The Kier molecular flexibility index (Phi) is 6.47. The van der Waals surface area contributed by atoms with E-state index in [4.69, 9.17) is 11.6 Å². The maximum atomic E-state index is 12.0. The highest BCUT2D eigenvalue weighted by Gasteiger charge is 2.24. The molecule has 8 heteroatoms. The number of anilines is 1. The van der Waals surface area contributed by atoms with Gasteiger partial charge in [0.25, 0.3) is 11.8 Å². The van der Waals surface area contributed by atoms with Gasteiger partial charge in [-0.05, 0) is 48.9 Å². The first-order valence-corrected chi connectivity index (χ1v) is 10.0. The maximum Gasteiger partial charge on any atom is 0.261 e. The molecular weight excluding hydrogens is 386 g/mol. The molecule has 1 aliphatic rings. The van der Waals surface area contributed by atoms with Crippen molar-refractivity contribution in [2.75, 3.05) is 11.9 Å². The minimum atomic E-state index is -0.193. The number of amides is 3. The van der Waals surface area contributed by atoms with Gasteiger partial charge >= 0.3 is 0 Å². The Morgan fingerprint density at radius 1 is 1.15 bits per heavy atom. The molecule has 1 aromatic heterocycles. The van der Waals surface area contributed by atoms with Gasteiger partial charge in [0, 0.05) is 24.7 Å². The summed E-state index contributed by atoms with van der Waals surface area (Å²) in [6.07, 6.45) is 2.81. The van der Waals surface area contributed by atoms with Gasteiger partial charge in [0.05, 0.1) is 15.5 Å². The number of benzene rings is 1. The van der Waals surface area contributed by atoms with Crippen molar-refractivity contribution >= 4 is 46.3 Å². The molecule has 3 rings (SSSR count). The maximum absolute atomic E-state index is 12.0. The van der Waals surface area contributed by atoms with Gasteiger partial charge in [-0.25, -0.2) is 0 Å². The summed E-state index contributed by atoms with van der Waals surface area (Å²) in [5.74, 6) is -0.495. The highest BCUT2D eigenvalue weighted by atomic mass is 35.5.